The van der Waals surface area contributed by atoms with Gasteiger partial charge in [-0.15, -0.1) is 0 Å². The highest BCUT2D eigenvalue weighted by Crippen LogP contribution is 2.28. The summed E-state index contributed by atoms with van der Waals surface area (Å²) in [6.45, 7) is 0.472. The molecule has 0 saturated heterocycles. The van der Waals surface area contributed by atoms with E-state index >= 15 is 0 Å². The molecule has 3 aromatic rings. The lowest BCUT2D eigenvalue weighted by Crippen LogP contribution is -1.97. The number of nitro groups is 1. The van der Waals surface area contributed by atoms with Crippen LogP contribution in [0.1, 0.15) is 16.7 Å². The Morgan fingerprint density at radius 3 is 2.53 bits per heavy atom. The molecule has 0 aromatic heterocycles. The van der Waals surface area contributed by atoms with Gasteiger partial charge < -0.3 is 9.57 Å². The normalized spacial score (nSPS) is 10.9. The van der Waals surface area contributed by atoms with Gasteiger partial charge in [0.25, 0.3) is 5.69 Å². The molecule has 0 aliphatic heterocycles. The number of oxime groups is 1. The Labute approximate surface area is 191 Å². The van der Waals surface area contributed by atoms with Gasteiger partial charge in [0.2, 0.25) is 0 Å². The average Bonchev–Trinajstić information content (AvgIpc) is 2.73. The third-order valence-corrected chi connectivity index (χ3v) is 5.32. The van der Waals surface area contributed by atoms with E-state index in [9.17, 15) is 10.1 Å². The molecule has 9 heteroatoms. The molecule has 3 rings (SSSR count). The molecule has 0 amide bonds. The van der Waals surface area contributed by atoms with Crippen LogP contribution in [0.25, 0.3) is 0 Å². The van der Waals surface area contributed by atoms with Crippen molar-refractivity contribution in [3.63, 3.8) is 0 Å². The van der Waals surface area contributed by atoms with Gasteiger partial charge in [0.1, 0.15) is 19.0 Å². The Hall–Kier alpha value is -2.61. The van der Waals surface area contributed by atoms with Crippen molar-refractivity contribution in [1.82, 2.24) is 0 Å². The Kier molecular flexibility index (Phi) is 7.68. The van der Waals surface area contributed by atoms with Gasteiger partial charge in [-0.1, -0.05) is 46.6 Å². The molecule has 0 atom stereocenters. The summed E-state index contributed by atoms with van der Waals surface area (Å²) in [5.41, 5.74) is 2.37. The van der Waals surface area contributed by atoms with Crippen molar-refractivity contribution in [3.05, 3.63) is 102 Å². The van der Waals surface area contributed by atoms with Crippen LogP contribution in [0.3, 0.4) is 0 Å². The van der Waals surface area contributed by atoms with Crippen LogP contribution in [0, 0.1) is 10.1 Å². The van der Waals surface area contributed by atoms with Crippen molar-refractivity contribution in [2.24, 2.45) is 5.16 Å². The van der Waals surface area contributed by atoms with E-state index in [2.05, 4.69) is 21.1 Å². The van der Waals surface area contributed by atoms with Gasteiger partial charge in [-0.3, -0.25) is 10.1 Å². The Morgan fingerprint density at radius 1 is 1.00 bits per heavy atom. The van der Waals surface area contributed by atoms with Crippen molar-refractivity contribution in [2.75, 3.05) is 0 Å². The highest BCUT2D eigenvalue weighted by atomic mass is 79.9. The van der Waals surface area contributed by atoms with E-state index in [0.717, 1.165) is 15.6 Å². The van der Waals surface area contributed by atoms with Crippen molar-refractivity contribution in [3.8, 4) is 5.75 Å². The lowest BCUT2D eigenvalue weighted by molar-refractivity contribution is -0.384. The Balaban J connectivity index is 1.55. The first-order chi connectivity index (χ1) is 14.4. The van der Waals surface area contributed by atoms with E-state index in [4.69, 9.17) is 32.8 Å². The zero-order valence-electron chi connectivity index (χ0n) is 15.4. The number of hydrogen-bond donors (Lipinski definition) is 0. The molecular weight excluding hydrogens is 495 g/mol. The minimum atomic E-state index is -0.449. The summed E-state index contributed by atoms with van der Waals surface area (Å²) in [5, 5.41) is 15.7. The van der Waals surface area contributed by atoms with Crippen LogP contribution < -0.4 is 4.74 Å². The van der Waals surface area contributed by atoms with Crippen LogP contribution in [-0.4, -0.2) is 11.1 Å². The molecule has 3 aromatic carbocycles. The fourth-order valence-corrected chi connectivity index (χ4v) is 3.31. The van der Waals surface area contributed by atoms with E-state index < -0.39 is 4.92 Å². The molecule has 6 nitrogen and oxygen atoms in total. The van der Waals surface area contributed by atoms with Crippen LogP contribution in [0.15, 0.2) is 70.3 Å². The van der Waals surface area contributed by atoms with Gasteiger partial charge in [-0.05, 0) is 63.0 Å². The summed E-state index contributed by atoms with van der Waals surface area (Å²) in [6, 6.07) is 17.0. The highest BCUT2D eigenvalue weighted by Gasteiger charge is 2.06. The summed E-state index contributed by atoms with van der Waals surface area (Å²) in [5.74, 6) is 0.663. The van der Waals surface area contributed by atoms with Crippen molar-refractivity contribution in [2.45, 2.75) is 13.2 Å². The van der Waals surface area contributed by atoms with Crippen molar-refractivity contribution >= 4 is 51.0 Å². The van der Waals surface area contributed by atoms with E-state index in [1.165, 1.54) is 12.1 Å². The smallest absolute Gasteiger partial charge is 0.269 e. The summed E-state index contributed by atoms with van der Waals surface area (Å²) in [6.07, 6.45) is 1.55. The lowest BCUT2D eigenvalue weighted by atomic mass is 10.2. The summed E-state index contributed by atoms with van der Waals surface area (Å²) in [7, 11) is 0. The minimum absolute atomic E-state index is 0.0143. The maximum absolute atomic E-state index is 10.8. The molecule has 0 heterocycles. The monoisotopic (exact) mass is 508 g/mol. The number of non-ortho nitro benzene ring substituents is 1. The molecule has 0 aliphatic rings. The number of nitro benzene ring substituents is 1. The first-order valence-corrected chi connectivity index (χ1v) is 10.2. The van der Waals surface area contributed by atoms with Gasteiger partial charge in [0, 0.05) is 12.1 Å². The molecule has 0 unspecified atom stereocenters. The second-order valence-electron chi connectivity index (χ2n) is 6.16. The fourth-order valence-electron chi connectivity index (χ4n) is 2.47. The maximum atomic E-state index is 10.8. The summed E-state index contributed by atoms with van der Waals surface area (Å²) < 4.78 is 6.56. The van der Waals surface area contributed by atoms with Crippen LogP contribution in [-0.2, 0) is 18.1 Å². The van der Waals surface area contributed by atoms with E-state index in [1.54, 1.807) is 30.5 Å². The van der Waals surface area contributed by atoms with Crippen molar-refractivity contribution < 1.29 is 14.5 Å². The molecule has 0 aliphatic carbocycles. The van der Waals surface area contributed by atoms with E-state index in [1.807, 2.05) is 24.3 Å². The van der Waals surface area contributed by atoms with Gasteiger partial charge in [-0.25, -0.2) is 0 Å². The molecule has 0 bridgehead atoms. The largest absolute Gasteiger partial charge is 0.488 e. The molecule has 0 radical (unpaired) electrons. The minimum Gasteiger partial charge on any atom is -0.488 e. The molecule has 0 spiro atoms. The lowest BCUT2D eigenvalue weighted by Gasteiger charge is -2.09. The quantitative estimate of drug-likeness (QED) is 0.190. The number of hydrogen-bond acceptors (Lipinski definition) is 5. The molecule has 30 heavy (non-hydrogen) atoms. The molecule has 0 N–H and O–H groups in total. The summed E-state index contributed by atoms with van der Waals surface area (Å²) in [4.78, 5) is 15.6. The summed E-state index contributed by atoms with van der Waals surface area (Å²) >= 11 is 15.4. The second kappa shape index (κ2) is 10.4. The standard InChI is InChI=1S/C21H15BrCl2N2O4/c22-18-9-14(11-25-30-13-15-2-1-3-17(8-15)26(27)28)5-7-21(18)29-12-16-4-6-19(23)20(24)10-16/h1-11H,12-13H2/b25-11-. The predicted octanol–water partition coefficient (Wildman–Crippen LogP) is 6.79. The molecule has 154 valence electrons. The Morgan fingerprint density at radius 2 is 1.80 bits per heavy atom. The second-order valence-corrected chi connectivity index (χ2v) is 7.83. The SMILES string of the molecule is O=[N+]([O-])c1cccc(CO/N=C\c2ccc(OCc3ccc(Cl)c(Cl)c3)c(Br)c2)c1. The number of halogens is 3. The highest BCUT2D eigenvalue weighted by molar-refractivity contribution is 9.10. The van der Waals surface area contributed by atoms with Gasteiger partial charge in [0.05, 0.1) is 25.7 Å². The van der Waals surface area contributed by atoms with Gasteiger partial charge in [-0.2, -0.15) is 0 Å². The average molecular weight is 510 g/mol. The fraction of sp³-hybridized carbons (Fsp3) is 0.0952. The third kappa shape index (κ3) is 6.19. The zero-order chi connectivity index (χ0) is 21.5. The number of nitrogens with zero attached hydrogens (tertiary/aromatic N) is 2. The number of rotatable bonds is 8. The van der Waals surface area contributed by atoms with E-state index in [-0.39, 0.29) is 12.3 Å². The number of ether oxygens (including phenoxy) is 1. The van der Waals surface area contributed by atoms with Gasteiger partial charge >= 0.3 is 0 Å². The predicted molar refractivity (Wildman–Crippen MR) is 120 cm³/mol. The first kappa shape index (κ1) is 22.1. The molecule has 0 saturated carbocycles. The van der Waals surface area contributed by atoms with Crippen molar-refractivity contribution in [1.29, 1.82) is 0 Å². The van der Waals surface area contributed by atoms with E-state index in [0.29, 0.717) is 28.0 Å². The molecular formula is C21H15BrCl2N2O4. The first-order valence-electron chi connectivity index (χ1n) is 8.67. The van der Waals surface area contributed by atoms with Crippen LogP contribution in [0.4, 0.5) is 5.69 Å². The van der Waals surface area contributed by atoms with Crippen LogP contribution >= 0.6 is 39.1 Å². The third-order valence-electron chi connectivity index (χ3n) is 3.96. The van der Waals surface area contributed by atoms with Gasteiger partial charge in [0.15, 0.2) is 0 Å². The zero-order valence-corrected chi connectivity index (χ0v) is 18.5. The van der Waals surface area contributed by atoms with Crippen LogP contribution in [0.2, 0.25) is 10.0 Å². The number of benzene rings is 3. The van der Waals surface area contributed by atoms with Crippen LogP contribution in [0.5, 0.6) is 5.75 Å². The topological polar surface area (TPSA) is 74.0 Å². The molecule has 0 fully saturated rings. The Bertz CT molecular complexity index is 1090. The maximum Gasteiger partial charge on any atom is 0.269 e.